The number of aromatic nitrogens is 1. The van der Waals surface area contributed by atoms with Crippen LogP contribution in [0.4, 0.5) is 0 Å². The van der Waals surface area contributed by atoms with Crippen molar-refractivity contribution >= 4 is 23.2 Å². The summed E-state index contributed by atoms with van der Waals surface area (Å²) >= 11 is 12.5. The molecule has 0 aliphatic rings. The molecule has 114 valence electrons. The molecule has 2 nitrogen and oxygen atoms in total. The number of hydrogen-bond acceptors (Lipinski definition) is 1. The van der Waals surface area contributed by atoms with E-state index >= 15 is 0 Å². The molecule has 0 fully saturated rings. The van der Waals surface area contributed by atoms with Gasteiger partial charge < -0.3 is 9.88 Å². The zero-order valence-electron chi connectivity index (χ0n) is 12.7. The van der Waals surface area contributed by atoms with E-state index in [-0.39, 0.29) is 0 Å². The number of nitrogens with one attached hydrogen (secondary N) is 1. The van der Waals surface area contributed by atoms with E-state index < -0.39 is 0 Å². The first-order chi connectivity index (χ1) is 10.0. The third-order valence-corrected chi connectivity index (χ3v) is 4.33. The second-order valence-corrected chi connectivity index (χ2v) is 6.41. The van der Waals surface area contributed by atoms with Crippen LogP contribution in [0.15, 0.2) is 36.7 Å². The molecule has 1 heterocycles. The molecule has 0 amide bonds. The lowest BCUT2D eigenvalue weighted by Crippen LogP contribution is -2.25. The Morgan fingerprint density at radius 2 is 1.81 bits per heavy atom. The standard InChI is InChI=1S/C17H22Cl2N2/c1-4-20-17(12(2)3)13-8-9-21(10-13)11-14-15(18)6-5-7-16(14)19/h5-10,12,17,20H,4,11H2,1-3H3. The van der Waals surface area contributed by atoms with Gasteiger partial charge in [-0.15, -0.1) is 0 Å². The summed E-state index contributed by atoms with van der Waals surface area (Å²) in [6, 6.07) is 8.16. The van der Waals surface area contributed by atoms with Gasteiger partial charge in [0, 0.05) is 40.6 Å². The van der Waals surface area contributed by atoms with E-state index in [9.17, 15) is 0 Å². The van der Waals surface area contributed by atoms with Crippen LogP contribution in [0.2, 0.25) is 10.0 Å². The molecule has 4 heteroatoms. The monoisotopic (exact) mass is 324 g/mol. The molecular formula is C17H22Cl2N2. The molecule has 1 aromatic carbocycles. The van der Waals surface area contributed by atoms with Crippen molar-refractivity contribution in [3.05, 3.63) is 57.8 Å². The lowest BCUT2D eigenvalue weighted by atomic mass is 9.98. The predicted octanol–water partition coefficient (Wildman–Crippen LogP) is 5.15. The Hall–Kier alpha value is -0.960. The van der Waals surface area contributed by atoms with Crippen LogP contribution in [-0.2, 0) is 6.54 Å². The molecule has 0 saturated carbocycles. The van der Waals surface area contributed by atoms with Gasteiger partial charge in [0.25, 0.3) is 0 Å². The normalized spacial score (nSPS) is 12.9. The molecule has 0 aliphatic heterocycles. The van der Waals surface area contributed by atoms with Gasteiger partial charge in [-0.2, -0.15) is 0 Å². The third kappa shape index (κ3) is 4.03. The second kappa shape index (κ2) is 7.35. The summed E-state index contributed by atoms with van der Waals surface area (Å²) in [4.78, 5) is 0. The SMILES string of the molecule is CCNC(c1ccn(Cc2c(Cl)cccc2Cl)c1)C(C)C. The minimum atomic E-state index is 0.373. The molecule has 0 radical (unpaired) electrons. The molecule has 2 rings (SSSR count). The Kier molecular flexibility index (Phi) is 5.74. The van der Waals surface area contributed by atoms with Gasteiger partial charge in [0.2, 0.25) is 0 Å². The summed E-state index contributed by atoms with van der Waals surface area (Å²) in [5, 5.41) is 4.96. The first kappa shape index (κ1) is 16.4. The van der Waals surface area contributed by atoms with Crippen LogP contribution in [-0.4, -0.2) is 11.1 Å². The van der Waals surface area contributed by atoms with E-state index in [2.05, 4.69) is 49.1 Å². The number of halogens is 2. The summed E-state index contributed by atoms with van der Waals surface area (Å²) in [5.41, 5.74) is 2.27. The fourth-order valence-corrected chi connectivity index (χ4v) is 3.08. The summed E-state index contributed by atoms with van der Waals surface area (Å²) < 4.78 is 2.13. The number of nitrogens with zero attached hydrogens (tertiary/aromatic N) is 1. The van der Waals surface area contributed by atoms with Gasteiger partial charge in [-0.3, -0.25) is 0 Å². The Balaban J connectivity index is 2.20. The number of hydrogen-bond donors (Lipinski definition) is 1. The van der Waals surface area contributed by atoms with E-state index in [1.54, 1.807) is 0 Å². The van der Waals surface area contributed by atoms with Crippen LogP contribution in [0.5, 0.6) is 0 Å². The minimum Gasteiger partial charge on any atom is -0.349 e. The summed E-state index contributed by atoms with van der Waals surface area (Å²) in [7, 11) is 0. The molecule has 21 heavy (non-hydrogen) atoms. The summed E-state index contributed by atoms with van der Waals surface area (Å²) in [6.45, 7) is 8.25. The number of rotatable bonds is 6. The zero-order chi connectivity index (χ0) is 15.4. The van der Waals surface area contributed by atoms with Crippen LogP contribution in [0.3, 0.4) is 0 Å². The zero-order valence-corrected chi connectivity index (χ0v) is 14.2. The van der Waals surface area contributed by atoms with Crippen molar-refractivity contribution in [1.29, 1.82) is 0 Å². The Bertz CT molecular complexity index is 570. The smallest absolute Gasteiger partial charge is 0.0499 e. The maximum absolute atomic E-state index is 6.24. The first-order valence-electron chi connectivity index (χ1n) is 7.34. The van der Waals surface area contributed by atoms with Crippen LogP contribution in [0, 0.1) is 5.92 Å². The van der Waals surface area contributed by atoms with Gasteiger partial charge in [0.1, 0.15) is 0 Å². The topological polar surface area (TPSA) is 17.0 Å². The van der Waals surface area contributed by atoms with Crippen LogP contribution >= 0.6 is 23.2 Å². The lowest BCUT2D eigenvalue weighted by Gasteiger charge is -2.20. The van der Waals surface area contributed by atoms with E-state index in [4.69, 9.17) is 23.2 Å². The Labute approximate surface area is 137 Å². The van der Waals surface area contributed by atoms with Gasteiger partial charge >= 0.3 is 0 Å². The van der Waals surface area contributed by atoms with Gasteiger partial charge in [-0.1, -0.05) is 50.0 Å². The highest BCUT2D eigenvalue weighted by Gasteiger charge is 2.16. The van der Waals surface area contributed by atoms with Crippen molar-refractivity contribution in [2.24, 2.45) is 5.92 Å². The van der Waals surface area contributed by atoms with Crippen molar-refractivity contribution in [2.45, 2.75) is 33.4 Å². The van der Waals surface area contributed by atoms with Crippen molar-refractivity contribution < 1.29 is 0 Å². The Morgan fingerprint density at radius 3 is 2.38 bits per heavy atom. The van der Waals surface area contributed by atoms with E-state index in [1.807, 2.05) is 18.2 Å². The molecule has 0 saturated heterocycles. The average Bonchev–Trinajstić information content (AvgIpc) is 2.88. The minimum absolute atomic E-state index is 0.373. The molecule has 1 atom stereocenters. The molecule has 1 unspecified atom stereocenters. The van der Waals surface area contributed by atoms with Crippen LogP contribution in [0.1, 0.15) is 37.9 Å². The highest BCUT2D eigenvalue weighted by atomic mass is 35.5. The molecule has 0 aliphatic carbocycles. The summed E-state index contributed by atoms with van der Waals surface area (Å²) in [6.07, 6.45) is 4.26. The van der Waals surface area contributed by atoms with E-state index in [1.165, 1.54) is 5.56 Å². The summed E-state index contributed by atoms with van der Waals surface area (Å²) in [5.74, 6) is 0.546. The quantitative estimate of drug-likeness (QED) is 0.777. The van der Waals surface area contributed by atoms with Crippen molar-refractivity contribution in [1.82, 2.24) is 9.88 Å². The Morgan fingerprint density at radius 1 is 1.14 bits per heavy atom. The fraction of sp³-hybridized carbons (Fsp3) is 0.412. The second-order valence-electron chi connectivity index (χ2n) is 5.60. The fourth-order valence-electron chi connectivity index (χ4n) is 2.57. The van der Waals surface area contributed by atoms with Crippen LogP contribution < -0.4 is 5.32 Å². The molecule has 1 aromatic heterocycles. The third-order valence-electron chi connectivity index (χ3n) is 3.63. The van der Waals surface area contributed by atoms with Gasteiger partial charge in [0.05, 0.1) is 0 Å². The van der Waals surface area contributed by atoms with E-state index in [0.29, 0.717) is 28.5 Å². The van der Waals surface area contributed by atoms with Gasteiger partial charge in [-0.05, 0) is 36.2 Å². The van der Waals surface area contributed by atoms with E-state index in [0.717, 1.165) is 12.1 Å². The van der Waals surface area contributed by atoms with Gasteiger partial charge in [0.15, 0.2) is 0 Å². The largest absolute Gasteiger partial charge is 0.349 e. The van der Waals surface area contributed by atoms with Crippen LogP contribution in [0.25, 0.3) is 0 Å². The van der Waals surface area contributed by atoms with Gasteiger partial charge in [-0.25, -0.2) is 0 Å². The lowest BCUT2D eigenvalue weighted by molar-refractivity contribution is 0.421. The molecule has 0 spiro atoms. The highest BCUT2D eigenvalue weighted by Crippen LogP contribution is 2.27. The maximum Gasteiger partial charge on any atom is 0.0499 e. The number of benzene rings is 1. The highest BCUT2D eigenvalue weighted by molar-refractivity contribution is 6.35. The van der Waals surface area contributed by atoms with Crippen molar-refractivity contribution in [3.8, 4) is 0 Å². The molecular weight excluding hydrogens is 303 g/mol. The molecule has 0 bridgehead atoms. The van der Waals surface area contributed by atoms with Crippen molar-refractivity contribution in [3.63, 3.8) is 0 Å². The maximum atomic E-state index is 6.24. The first-order valence-corrected chi connectivity index (χ1v) is 8.10. The average molecular weight is 325 g/mol. The molecule has 2 aromatic rings. The molecule has 1 N–H and O–H groups in total. The predicted molar refractivity (Wildman–Crippen MR) is 91.3 cm³/mol. The van der Waals surface area contributed by atoms with Crippen molar-refractivity contribution in [2.75, 3.05) is 6.54 Å².